The lowest BCUT2D eigenvalue weighted by molar-refractivity contribution is -0.142. The molecule has 3 nitrogen and oxygen atoms in total. The van der Waals surface area contributed by atoms with Gasteiger partial charge in [0.25, 0.3) is 0 Å². The van der Waals surface area contributed by atoms with Crippen LogP contribution in [0.3, 0.4) is 0 Å². The van der Waals surface area contributed by atoms with Gasteiger partial charge in [0.05, 0.1) is 13.0 Å². The van der Waals surface area contributed by atoms with Gasteiger partial charge >= 0.3 is 5.97 Å². The minimum Gasteiger partial charge on any atom is -0.469 e. The molecule has 0 bridgehead atoms. The molecule has 0 aliphatic carbocycles. The van der Waals surface area contributed by atoms with Crippen molar-refractivity contribution in [2.24, 2.45) is 5.92 Å². The monoisotopic (exact) mass is 255 g/mol. The molecule has 94 valence electrons. The molecule has 0 spiro atoms. The molecule has 1 atom stereocenters. The van der Waals surface area contributed by atoms with Crippen LogP contribution in [0.15, 0.2) is 12.1 Å². The fourth-order valence-corrected chi connectivity index (χ4v) is 1.98. The number of halogens is 1. The Hall–Kier alpha value is -1.09. The molecule has 1 rings (SSSR count). The summed E-state index contributed by atoms with van der Waals surface area (Å²) in [5, 5.41) is 0.390. The number of hydrogen-bond acceptors (Lipinski definition) is 3. The number of carbonyl (C=O) groups excluding carboxylic acids is 1. The van der Waals surface area contributed by atoms with Gasteiger partial charge in [0, 0.05) is 11.3 Å². The van der Waals surface area contributed by atoms with E-state index >= 15 is 0 Å². The van der Waals surface area contributed by atoms with Crippen molar-refractivity contribution in [2.45, 2.75) is 33.1 Å². The van der Waals surface area contributed by atoms with Crippen molar-refractivity contribution in [3.05, 3.63) is 28.5 Å². The molecule has 0 saturated heterocycles. The third-order valence-electron chi connectivity index (χ3n) is 2.57. The minimum atomic E-state index is -0.381. The van der Waals surface area contributed by atoms with E-state index in [1.165, 1.54) is 7.11 Å². The average Bonchev–Trinajstić information content (AvgIpc) is 2.26. The van der Waals surface area contributed by atoms with Crippen LogP contribution in [-0.2, 0) is 16.0 Å². The molecule has 0 amide bonds. The van der Waals surface area contributed by atoms with E-state index in [1.54, 1.807) is 6.92 Å². The Kier molecular flexibility index (Phi) is 4.94. The molecular formula is C13H18ClNO2. The van der Waals surface area contributed by atoms with Crippen LogP contribution in [0.4, 0.5) is 0 Å². The highest BCUT2D eigenvalue weighted by atomic mass is 35.5. The van der Waals surface area contributed by atoms with Crippen molar-refractivity contribution in [3.63, 3.8) is 0 Å². The molecule has 1 aromatic heterocycles. The number of carbonyl (C=O) groups is 1. The lowest BCUT2D eigenvalue weighted by Gasteiger charge is -2.12. The number of pyridine rings is 1. The van der Waals surface area contributed by atoms with Crippen LogP contribution in [0, 0.1) is 5.92 Å². The summed E-state index contributed by atoms with van der Waals surface area (Å²) in [5.74, 6) is -0.152. The number of nitrogens with zero attached hydrogens (tertiary/aromatic N) is 1. The van der Waals surface area contributed by atoms with E-state index in [9.17, 15) is 4.79 Å². The summed E-state index contributed by atoms with van der Waals surface area (Å²) in [6.07, 6.45) is 0.882. The topological polar surface area (TPSA) is 39.2 Å². The maximum atomic E-state index is 11.4. The number of aromatic nitrogens is 1. The van der Waals surface area contributed by atoms with Crippen molar-refractivity contribution in [1.82, 2.24) is 4.98 Å². The largest absolute Gasteiger partial charge is 0.469 e. The highest BCUT2D eigenvalue weighted by molar-refractivity contribution is 6.30. The SMILES string of the molecule is COC(=O)[C@H](C)c1ccc(CC(C)C)nc1Cl. The molecule has 0 aliphatic rings. The Bertz CT molecular complexity index is 404. The normalized spacial score (nSPS) is 12.6. The molecular weight excluding hydrogens is 238 g/mol. The molecule has 0 aromatic carbocycles. The van der Waals surface area contributed by atoms with Crippen molar-refractivity contribution >= 4 is 17.6 Å². The Labute approximate surface area is 107 Å². The molecule has 0 aliphatic heterocycles. The van der Waals surface area contributed by atoms with Crippen molar-refractivity contribution in [1.29, 1.82) is 0 Å². The zero-order chi connectivity index (χ0) is 13.0. The summed E-state index contributed by atoms with van der Waals surface area (Å²) in [7, 11) is 1.37. The Balaban J connectivity index is 2.93. The quantitative estimate of drug-likeness (QED) is 0.613. The van der Waals surface area contributed by atoms with Gasteiger partial charge in [-0.3, -0.25) is 4.79 Å². The lowest BCUT2D eigenvalue weighted by atomic mass is 10.0. The highest BCUT2D eigenvalue weighted by Gasteiger charge is 2.19. The van der Waals surface area contributed by atoms with Crippen LogP contribution in [0.5, 0.6) is 0 Å². The first kappa shape index (κ1) is 14.0. The molecule has 0 radical (unpaired) electrons. The van der Waals surface area contributed by atoms with Gasteiger partial charge in [0.15, 0.2) is 0 Å². The minimum absolute atomic E-state index is 0.301. The number of rotatable bonds is 4. The number of ether oxygens (including phenoxy) is 1. The predicted octanol–water partition coefficient (Wildman–Crippen LogP) is 3.21. The number of hydrogen-bond donors (Lipinski definition) is 0. The highest BCUT2D eigenvalue weighted by Crippen LogP contribution is 2.24. The zero-order valence-electron chi connectivity index (χ0n) is 10.7. The van der Waals surface area contributed by atoms with Gasteiger partial charge in [-0.25, -0.2) is 4.98 Å². The van der Waals surface area contributed by atoms with E-state index in [0.29, 0.717) is 16.6 Å². The molecule has 1 aromatic rings. The van der Waals surface area contributed by atoms with Gasteiger partial charge < -0.3 is 4.74 Å². The summed E-state index contributed by atoms with van der Waals surface area (Å²) in [6.45, 7) is 6.01. The molecule has 0 N–H and O–H groups in total. The Morgan fingerprint density at radius 3 is 2.53 bits per heavy atom. The third kappa shape index (κ3) is 3.70. The molecule has 0 unspecified atom stereocenters. The first-order valence-electron chi connectivity index (χ1n) is 5.68. The molecule has 0 saturated carbocycles. The molecule has 4 heteroatoms. The van der Waals surface area contributed by atoms with Gasteiger partial charge in [-0.2, -0.15) is 0 Å². The summed E-state index contributed by atoms with van der Waals surface area (Å²) >= 11 is 6.09. The molecule has 1 heterocycles. The summed E-state index contributed by atoms with van der Waals surface area (Å²) in [6, 6.07) is 3.77. The third-order valence-corrected chi connectivity index (χ3v) is 2.88. The van der Waals surface area contributed by atoms with Gasteiger partial charge in [0.2, 0.25) is 0 Å². The summed E-state index contributed by atoms with van der Waals surface area (Å²) in [5.41, 5.74) is 1.66. The van der Waals surface area contributed by atoms with Crippen LogP contribution in [-0.4, -0.2) is 18.1 Å². The van der Waals surface area contributed by atoms with Gasteiger partial charge in [-0.15, -0.1) is 0 Å². The Morgan fingerprint density at radius 2 is 2.06 bits per heavy atom. The van der Waals surface area contributed by atoms with E-state index < -0.39 is 0 Å². The van der Waals surface area contributed by atoms with E-state index in [1.807, 2.05) is 12.1 Å². The second kappa shape index (κ2) is 6.01. The number of esters is 1. The fraction of sp³-hybridized carbons (Fsp3) is 0.538. The zero-order valence-corrected chi connectivity index (χ0v) is 11.4. The van der Waals surface area contributed by atoms with Gasteiger partial charge in [-0.05, 0) is 25.3 Å². The molecule has 17 heavy (non-hydrogen) atoms. The average molecular weight is 256 g/mol. The standard InChI is InChI=1S/C13H18ClNO2/c1-8(2)7-10-5-6-11(12(14)15-10)9(3)13(16)17-4/h5-6,8-9H,7H2,1-4H3/t9-/m1/s1. The Morgan fingerprint density at radius 1 is 1.41 bits per heavy atom. The van der Waals surface area contributed by atoms with E-state index in [4.69, 9.17) is 16.3 Å². The number of methoxy groups -OCH3 is 1. The van der Waals surface area contributed by atoms with Gasteiger partial charge in [0.1, 0.15) is 5.15 Å². The summed E-state index contributed by atoms with van der Waals surface area (Å²) < 4.78 is 4.69. The predicted molar refractivity (Wildman–Crippen MR) is 68.2 cm³/mol. The van der Waals surface area contributed by atoms with Crippen LogP contribution in [0.25, 0.3) is 0 Å². The first-order chi connectivity index (χ1) is 7.95. The maximum Gasteiger partial charge on any atom is 0.312 e. The van der Waals surface area contributed by atoms with Crippen LogP contribution in [0.1, 0.15) is 37.9 Å². The lowest BCUT2D eigenvalue weighted by Crippen LogP contribution is -2.12. The van der Waals surface area contributed by atoms with Crippen LogP contribution in [0.2, 0.25) is 5.15 Å². The maximum absolute atomic E-state index is 11.4. The smallest absolute Gasteiger partial charge is 0.312 e. The molecule has 0 fully saturated rings. The second-order valence-electron chi connectivity index (χ2n) is 4.53. The van der Waals surface area contributed by atoms with Gasteiger partial charge in [-0.1, -0.05) is 31.5 Å². The van der Waals surface area contributed by atoms with E-state index in [0.717, 1.165) is 12.1 Å². The van der Waals surface area contributed by atoms with E-state index in [2.05, 4.69) is 18.8 Å². The summed E-state index contributed by atoms with van der Waals surface area (Å²) in [4.78, 5) is 15.7. The van der Waals surface area contributed by atoms with Crippen LogP contribution >= 0.6 is 11.6 Å². The van der Waals surface area contributed by atoms with E-state index in [-0.39, 0.29) is 11.9 Å². The van der Waals surface area contributed by atoms with Crippen molar-refractivity contribution in [2.75, 3.05) is 7.11 Å². The van der Waals surface area contributed by atoms with Crippen LogP contribution < -0.4 is 0 Å². The fourth-order valence-electron chi connectivity index (χ4n) is 1.64. The van der Waals surface area contributed by atoms with Crippen molar-refractivity contribution in [3.8, 4) is 0 Å². The second-order valence-corrected chi connectivity index (χ2v) is 4.88. The first-order valence-corrected chi connectivity index (χ1v) is 6.06. The van der Waals surface area contributed by atoms with Crippen molar-refractivity contribution < 1.29 is 9.53 Å².